The number of carbonyl (C=O) groups excluding carboxylic acids is 1. The van der Waals surface area contributed by atoms with Crippen molar-refractivity contribution in [2.75, 3.05) is 11.1 Å². The highest BCUT2D eigenvalue weighted by atomic mass is 16.3. The molecule has 0 atom stereocenters. The molecule has 9 heteroatoms. The smallest absolute Gasteiger partial charge is 0.272 e. The Labute approximate surface area is 112 Å². The van der Waals surface area contributed by atoms with Gasteiger partial charge in [0.25, 0.3) is 11.5 Å². The van der Waals surface area contributed by atoms with E-state index in [4.69, 9.17) is 11.5 Å². The van der Waals surface area contributed by atoms with Gasteiger partial charge in [-0.05, 0) is 18.6 Å². The normalized spacial score (nSPS) is 10.2. The number of aromatic nitrogens is 3. The first kappa shape index (κ1) is 13.3. The zero-order valence-electron chi connectivity index (χ0n) is 10.5. The lowest BCUT2D eigenvalue weighted by Gasteiger charge is -2.09. The molecule has 0 saturated carbocycles. The lowest BCUT2D eigenvalue weighted by molar-refractivity contribution is 0.0994. The Hall–Kier alpha value is -3.10. The number of aromatic hydroxyl groups is 1. The Morgan fingerprint density at radius 3 is 2.80 bits per heavy atom. The summed E-state index contributed by atoms with van der Waals surface area (Å²) in [6.07, 6.45) is 1.14. The number of nitrogens with zero attached hydrogens (tertiary/aromatic N) is 2. The maximum absolute atomic E-state index is 11.8. The van der Waals surface area contributed by atoms with Crippen LogP contribution in [0.25, 0.3) is 0 Å². The summed E-state index contributed by atoms with van der Waals surface area (Å²) >= 11 is 0. The van der Waals surface area contributed by atoms with Gasteiger partial charge in [-0.2, -0.15) is 0 Å². The molecule has 7 N–H and O–H groups in total. The summed E-state index contributed by atoms with van der Waals surface area (Å²) in [4.78, 5) is 32.6. The van der Waals surface area contributed by atoms with Crippen LogP contribution in [0.4, 0.5) is 17.3 Å². The van der Waals surface area contributed by atoms with Crippen LogP contribution in [0.1, 0.15) is 16.1 Å². The van der Waals surface area contributed by atoms with Gasteiger partial charge in [0.15, 0.2) is 11.6 Å². The predicted octanol–water partition coefficient (Wildman–Crippen LogP) is -0.396. The van der Waals surface area contributed by atoms with E-state index < -0.39 is 11.5 Å². The summed E-state index contributed by atoms with van der Waals surface area (Å²) in [5.74, 6) is -1.25. The molecule has 0 aromatic carbocycles. The molecule has 9 nitrogen and oxygen atoms in total. The van der Waals surface area contributed by atoms with Gasteiger partial charge in [0, 0.05) is 0 Å². The van der Waals surface area contributed by atoms with Crippen molar-refractivity contribution in [2.24, 2.45) is 5.73 Å². The number of H-pyrrole nitrogens is 1. The maximum atomic E-state index is 11.8. The number of hydrogen-bond acceptors (Lipinski definition) is 7. The number of nitrogens with one attached hydrogen (secondary N) is 2. The Kier molecular flexibility index (Phi) is 3.25. The fraction of sp³-hybridized carbons (Fsp3) is 0.0909. The van der Waals surface area contributed by atoms with Crippen LogP contribution in [0.2, 0.25) is 0 Å². The van der Waals surface area contributed by atoms with Gasteiger partial charge in [-0.15, -0.1) is 0 Å². The fourth-order valence-electron chi connectivity index (χ4n) is 1.59. The van der Waals surface area contributed by atoms with Crippen molar-refractivity contribution in [3.63, 3.8) is 0 Å². The number of anilines is 3. The predicted molar refractivity (Wildman–Crippen MR) is 71.7 cm³/mol. The maximum Gasteiger partial charge on any atom is 0.272 e. The summed E-state index contributed by atoms with van der Waals surface area (Å²) < 4.78 is 0. The van der Waals surface area contributed by atoms with Gasteiger partial charge in [0.1, 0.15) is 17.7 Å². The molecule has 0 bridgehead atoms. The number of rotatable bonds is 3. The van der Waals surface area contributed by atoms with Gasteiger partial charge >= 0.3 is 0 Å². The number of aryl methyl sites for hydroxylation is 1. The molecule has 2 aromatic heterocycles. The zero-order valence-corrected chi connectivity index (χ0v) is 10.5. The molecule has 2 rings (SSSR count). The number of primary amides is 1. The number of amides is 1. The van der Waals surface area contributed by atoms with Crippen LogP contribution in [0.5, 0.6) is 5.75 Å². The van der Waals surface area contributed by atoms with Crippen molar-refractivity contribution < 1.29 is 9.90 Å². The van der Waals surface area contributed by atoms with E-state index in [0.717, 1.165) is 6.33 Å². The Morgan fingerprint density at radius 2 is 2.15 bits per heavy atom. The SMILES string of the molecule is Cc1cc(Nc2ncnc(N)c2O)c(=O)[nH]c1C(N)=O. The number of aromatic amines is 1. The highest BCUT2D eigenvalue weighted by Crippen LogP contribution is 2.26. The van der Waals surface area contributed by atoms with Crippen molar-refractivity contribution in [3.05, 3.63) is 34.0 Å². The lowest BCUT2D eigenvalue weighted by Crippen LogP contribution is -2.22. The number of hydrogen-bond donors (Lipinski definition) is 5. The van der Waals surface area contributed by atoms with Crippen LogP contribution in [-0.4, -0.2) is 26.0 Å². The van der Waals surface area contributed by atoms with Crippen LogP contribution in [0.15, 0.2) is 17.2 Å². The minimum atomic E-state index is -0.736. The second kappa shape index (κ2) is 4.88. The van der Waals surface area contributed by atoms with Gasteiger partial charge < -0.3 is 26.9 Å². The van der Waals surface area contributed by atoms with Gasteiger partial charge in [-0.3, -0.25) is 9.59 Å². The molecule has 0 radical (unpaired) electrons. The topological polar surface area (TPSA) is 160 Å². The molecule has 0 aliphatic heterocycles. The Morgan fingerprint density at radius 1 is 1.45 bits per heavy atom. The zero-order chi connectivity index (χ0) is 14.9. The van der Waals surface area contributed by atoms with Crippen molar-refractivity contribution in [3.8, 4) is 5.75 Å². The van der Waals surface area contributed by atoms with Crippen LogP contribution < -0.4 is 22.3 Å². The summed E-state index contributed by atoms with van der Waals surface area (Å²) in [5.41, 5.74) is 10.5. The van der Waals surface area contributed by atoms with Gasteiger partial charge in [-0.1, -0.05) is 0 Å². The van der Waals surface area contributed by atoms with E-state index in [2.05, 4.69) is 20.3 Å². The standard InChI is InChI=1S/C11H12N6O3/c1-4-2-5(11(20)17-6(4)9(13)19)16-10-7(18)8(12)14-3-15-10/h2-3,18H,1H3,(H2,13,19)(H,17,20)(H3,12,14,15,16). The molecule has 0 fully saturated rings. The van der Waals surface area contributed by atoms with Gasteiger partial charge in [-0.25, -0.2) is 9.97 Å². The van der Waals surface area contributed by atoms with Crippen LogP contribution in [0, 0.1) is 6.92 Å². The molecular formula is C11H12N6O3. The largest absolute Gasteiger partial charge is 0.502 e. The van der Waals surface area contributed by atoms with E-state index in [9.17, 15) is 14.7 Å². The molecule has 0 saturated heterocycles. The number of pyridine rings is 1. The number of carbonyl (C=O) groups is 1. The number of nitrogen functional groups attached to an aromatic ring is 1. The first-order valence-corrected chi connectivity index (χ1v) is 5.50. The summed E-state index contributed by atoms with van der Waals surface area (Å²) in [6.45, 7) is 1.61. The van der Waals surface area contributed by atoms with E-state index >= 15 is 0 Å². The first-order valence-electron chi connectivity index (χ1n) is 5.50. The van der Waals surface area contributed by atoms with Crippen molar-refractivity contribution in [1.29, 1.82) is 0 Å². The second-order valence-electron chi connectivity index (χ2n) is 4.02. The molecule has 2 heterocycles. The average Bonchev–Trinajstić information content (AvgIpc) is 2.38. The third-order valence-electron chi connectivity index (χ3n) is 2.59. The molecule has 0 aliphatic rings. The Balaban J connectivity index is 2.45. The highest BCUT2D eigenvalue weighted by Gasteiger charge is 2.13. The van der Waals surface area contributed by atoms with Gasteiger partial charge in [0.05, 0.1) is 0 Å². The molecular weight excluding hydrogens is 264 g/mol. The quantitative estimate of drug-likeness (QED) is 0.509. The van der Waals surface area contributed by atoms with Crippen molar-refractivity contribution in [1.82, 2.24) is 15.0 Å². The third-order valence-corrected chi connectivity index (χ3v) is 2.59. The summed E-state index contributed by atoms with van der Waals surface area (Å²) in [7, 11) is 0. The minimum Gasteiger partial charge on any atom is -0.502 e. The molecule has 20 heavy (non-hydrogen) atoms. The fourth-order valence-corrected chi connectivity index (χ4v) is 1.59. The van der Waals surface area contributed by atoms with E-state index in [1.165, 1.54) is 6.07 Å². The summed E-state index contributed by atoms with van der Waals surface area (Å²) in [6, 6.07) is 1.41. The first-order chi connectivity index (χ1) is 9.40. The second-order valence-corrected chi connectivity index (χ2v) is 4.02. The highest BCUT2D eigenvalue weighted by molar-refractivity contribution is 5.92. The van der Waals surface area contributed by atoms with E-state index in [1.54, 1.807) is 6.92 Å². The van der Waals surface area contributed by atoms with Gasteiger partial charge in [0.2, 0.25) is 5.75 Å². The van der Waals surface area contributed by atoms with E-state index in [0.29, 0.717) is 5.56 Å². The summed E-state index contributed by atoms with van der Waals surface area (Å²) in [5, 5.41) is 12.3. The molecule has 104 valence electrons. The molecule has 2 aromatic rings. The van der Waals surface area contributed by atoms with E-state index in [1.807, 2.05) is 0 Å². The average molecular weight is 276 g/mol. The molecule has 1 amide bonds. The van der Waals surface area contributed by atoms with Crippen molar-refractivity contribution in [2.45, 2.75) is 6.92 Å². The van der Waals surface area contributed by atoms with Crippen molar-refractivity contribution >= 4 is 23.2 Å². The van der Waals surface area contributed by atoms with Crippen LogP contribution in [-0.2, 0) is 0 Å². The third kappa shape index (κ3) is 2.36. The van der Waals surface area contributed by atoms with Crippen LogP contribution in [0.3, 0.4) is 0 Å². The molecule has 0 spiro atoms. The monoisotopic (exact) mass is 276 g/mol. The number of nitrogens with two attached hydrogens (primary N) is 2. The van der Waals surface area contributed by atoms with Crippen LogP contribution >= 0.6 is 0 Å². The van der Waals surface area contributed by atoms with E-state index in [-0.39, 0.29) is 28.8 Å². The molecule has 0 aliphatic carbocycles. The Bertz CT molecular complexity index is 739. The molecule has 0 unspecified atom stereocenters. The minimum absolute atomic E-state index is 0.0192. The lowest BCUT2D eigenvalue weighted by atomic mass is 10.2.